The molecule has 1 aromatic carbocycles. The van der Waals surface area contributed by atoms with Gasteiger partial charge in [-0.2, -0.15) is 0 Å². The molecule has 1 aliphatic carbocycles. The van der Waals surface area contributed by atoms with Gasteiger partial charge in [-0.25, -0.2) is 0 Å². The van der Waals surface area contributed by atoms with Crippen molar-refractivity contribution in [2.45, 2.75) is 58.6 Å². The van der Waals surface area contributed by atoms with Gasteiger partial charge in [0.1, 0.15) is 5.75 Å². The van der Waals surface area contributed by atoms with Crippen LogP contribution < -0.4 is 10.1 Å². The first-order valence-electron chi connectivity index (χ1n) is 7.11. The van der Waals surface area contributed by atoms with Crippen LogP contribution in [0.3, 0.4) is 0 Å². The smallest absolute Gasteiger partial charge is 0.260 e. The molecule has 1 atom stereocenters. The van der Waals surface area contributed by atoms with Gasteiger partial charge < -0.3 is 10.1 Å². The molecule has 0 aliphatic heterocycles. The average Bonchev–Trinajstić information content (AvgIpc) is 2.87. The lowest BCUT2D eigenvalue weighted by molar-refractivity contribution is -0.127. The molecule has 0 bridgehead atoms. The summed E-state index contributed by atoms with van der Waals surface area (Å²) >= 11 is 0. The first-order valence-corrected chi connectivity index (χ1v) is 7.11. The molecule has 1 N–H and O–H groups in total. The fourth-order valence-electron chi connectivity index (χ4n) is 2.48. The monoisotopic (exact) mass is 261 g/mol. The van der Waals surface area contributed by atoms with E-state index in [1.54, 1.807) is 0 Å². The van der Waals surface area contributed by atoms with Gasteiger partial charge in [-0.05, 0) is 50.8 Å². The molecule has 1 aliphatic rings. The molecule has 0 radical (unpaired) electrons. The molecule has 1 amide bonds. The van der Waals surface area contributed by atoms with E-state index in [1.165, 1.54) is 18.4 Å². The van der Waals surface area contributed by atoms with Crippen molar-refractivity contribution >= 4 is 5.91 Å². The van der Waals surface area contributed by atoms with E-state index in [-0.39, 0.29) is 5.91 Å². The van der Waals surface area contributed by atoms with Crippen LogP contribution in [0.15, 0.2) is 18.2 Å². The molecular weight excluding hydrogens is 238 g/mol. The first-order chi connectivity index (χ1) is 9.08. The Kier molecular flexibility index (Phi) is 4.46. The van der Waals surface area contributed by atoms with Crippen LogP contribution in [0.1, 0.15) is 43.7 Å². The highest BCUT2D eigenvalue weighted by atomic mass is 16.5. The second kappa shape index (κ2) is 6.09. The van der Waals surface area contributed by atoms with Crippen LogP contribution in [0.4, 0.5) is 0 Å². The van der Waals surface area contributed by atoms with Crippen molar-refractivity contribution in [3.8, 4) is 5.75 Å². The first kappa shape index (κ1) is 13.9. The molecule has 1 fully saturated rings. The maximum absolute atomic E-state index is 12.1. The largest absolute Gasteiger partial charge is 0.481 e. The van der Waals surface area contributed by atoms with Crippen molar-refractivity contribution in [1.82, 2.24) is 5.32 Å². The molecule has 0 spiro atoms. The molecule has 1 saturated carbocycles. The Morgan fingerprint density at radius 2 is 2.00 bits per heavy atom. The van der Waals surface area contributed by atoms with Crippen molar-refractivity contribution in [1.29, 1.82) is 0 Å². The van der Waals surface area contributed by atoms with Crippen LogP contribution >= 0.6 is 0 Å². The third-order valence-corrected chi connectivity index (χ3v) is 3.93. The molecule has 0 saturated heterocycles. The molecule has 3 heteroatoms. The van der Waals surface area contributed by atoms with Crippen LogP contribution in [0.2, 0.25) is 0 Å². The topological polar surface area (TPSA) is 38.3 Å². The average molecular weight is 261 g/mol. The molecule has 0 unspecified atom stereocenters. The summed E-state index contributed by atoms with van der Waals surface area (Å²) in [5, 5.41) is 3.07. The molecule has 1 aromatic rings. The highest BCUT2D eigenvalue weighted by Gasteiger charge is 2.22. The van der Waals surface area contributed by atoms with Crippen molar-refractivity contribution in [3.63, 3.8) is 0 Å². The standard InChI is InChI=1S/C16H23NO2/c1-11-7-6-10-15(12(11)2)19-13(3)16(18)17-14-8-4-5-9-14/h6-7,10,13-14H,4-5,8-9H2,1-3H3,(H,17,18)/t13-/m0/s1. The highest BCUT2D eigenvalue weighted by molar-refractivity contribution is 5.81. The van der Waals surface area contributed by atoms with Crippen LogP contribution in [-0.4, -0.2) is 18.1 Å². The van der Waals surface area contributed by atoms with E-state index in [0.29, 0.717) is 6.04 Å². The summed E-state index contributed by atoms with van der Waals surface area (Å²) in [6.07, 6.45) is 4.19. The predicted molar refractivity (Wildman–Crippen MR) is 76.4 cm³/mol. The normalized spacial score (nSPS) is 17.2. The zero-order chi connectivity index (χ0) is 13.8. The quantitative estimate of drug-likeness (QED) is 0.904. The fraction of sp³-hybridized carbons (Fsp3) is 0.562. The maximum atomic E-state index is 12.1. The van der Waals surface area contributed by atoms with E-state index in [0.717, 1.165) is 24.2 Å². The van der Waals surface area contributed by atoms with Gasteiger partial charge in [0.05, 0.1) is 0 Å². The SMILES string of the molecule is Cc1cccc(O[C@@H](C)C(=O)NC2CCCC2)c1C. The third kappa shape index (κ3) is 3.49. The lowest BCUT2D eigenvalue weighted by Gasteiger charge is -2.19. The van der Waals surface area contributed by atoms with Crippen LogP contribution in [0.25, 0.3) is 0 Å². The highest BCUT2D eigenvalue weighted by Crippen LogP contribution is 2.22. The number of nitrogens with one attached hydrogen (secondary N) is 1. The molecule has 0 aromatic heterocycles. The van der Waals surface area contributed by atoms with Gasteiger partial charge in [0.2, 0.25) is 0 Å². The van der Waals surface area contributed by atoms with E-state index in [2.05, 4.69) is 5.32 Å². The Labute approximate surface area is 115 Å². The molecule has 104 valence electrons. The Balaban J connectivity index is 1.94. The van der Waals surface area contributed by atoms with Crippen molar-refractivity contribution in [3.05, 3.63) is 29.3 Å². The number of rotatable bonds is 4. The summed E-state index contributed by atoms with van der Waals surface area (Å²) in [5.74, 6) is 0.793. The van der Waals surface area contributed by atoms with Crippen molar-refractivity contribution in [2.75, 3.05) is 0 Å². The minimum absolute atomic E-state index is 0.00666. The zero-order valence-corrected chi connectivity index (χ0v) is 12.0. The maximum Gasteiger partial charge on any atom is 0.260 e. The summed E-state index contributed by atoms with van der Waals surface area (Å²) in [7, 11) is 0. The van der Waals surface area contributed by atoms with Gasteiger partial charge in [0.15, 0.2) is 6.10 Å². The number of hydrogen-bond donors (Lipinski definition) is 1. The number of aryl methyl sites for hydroxylation is 1. The lowest BCUT2D eigenvalue weighted by atomic mass is 10.1. The molecule has 19 heavy (non-hydrogen) atoms. The Hall–Kier alpha value is -1.51. The van der Waals surface area contributed by atoms with Crippen molar-refractivity contribution < 1.29 is 9.53 Å². The van der Waals surface area contributed by atoms with E-state index >= 15 is 0 Å². The summed E-state index contributed by atoms with van der Waals surface area (Å²) in [4.78, 5) is 12.1. The van der Waals surface area contributed by atoms with Gasteiger partial charge >= 0.3 is 0 Å². The van der Waals surface area contributed by atoms with E-state index in [4.69, 9.17) is 4.74 Å². The second-order valence-corrected chi connectivity index (χ2v) is 5.45. The van der Waals surface area contributed by atoms with Gasteiger partial charge in [-0.15, -0.1) is 0 Å². The van der Waals surface area contributed by atoms with Crippen LogP contribution in [-0.2, 0) is 4.79 Å². The van der Waals surface area contributed by atoms with E-state index in [1.807, 2.05) is 39.0 Å². The molecule has 0 heterocycles. The summed E-state index contributed by atoms with van der Waals surface area (Å²) < 4.78 is 5.79. The Bertz CT molecular complexity index is 450. The Morgan fingerprint density at radius 1 is 1.32 bits per heavy atom. The zero-order valence-electron chi connectivity index (χ0n) is 12.0. The molecule has 3 nitrogen and oxygen atoms in total. The number of ether oxygens (including phenoxy) is 1. The van der Waals surface area contributed by atoms with Crippen molar-refractivity contribution in [2.24, 2.45) is 0 Å². The molecule has 2 rings (SSSR count). The summed E-state index contributed by atoms with van der Waals surface area (Å²) in [6.45, 7) is 5.88. The second-order valence-electron chi connectivity index (χ2n) is 5.45. The number of hydrogen-bond acceptors (Lipinski definition) is 2. The van der Waals surface area contributed by atoms with Gasteiger partial charge in [-0.1, -0.05) is 25.0 Å². The number of carbonyl (C=O) groups excluding carboxylic acids is 1. The van der Waals surface area contributed by atoms with Gasteiger partial charge in [0, 0.05) is 6.04 Å². The number of benzene rings is 1. The third-order valence-electron chi connectivity index (χ3n) is 3.93. The Morgan fingerprint density at radius 3 is 2.68 bits per heavy atom. The predicted octanol–water partition coefficient (Wildman–Crippen LogP) is 3.13. The lowest BCUT2D eigenvalue weighted by Crippen LogP contribution is -2.41. The van der Waals surface area contributed by atoms with Crippen LogP contribution in [0, 0.1) is 13.8 Å². The minimum atomic E-state index is -0.443. The van der Waals surface area contributed by atoms with Gasteiger partial charge in [0.25, 0.3) is 5.91 Å². The fourth-order valence-corrected chi connectivity index (χ4v) is 2.48. The van der Waals surface area contributed by atoms with Gasteiger partial charge in [-0.3, -0.25) is 4.79 Å². The number of amides is 1. The molecular formula is C16H23NO2. The minimum Gasteiger partial charge on any atom is -0.481 e. The van der Waals surface area contributed by atoms with E-state index in [9.17, 15) is 4.79 Å². The van der Waals surface area contributed by atoms with E-state index < -0.39 is 6.10 Å². The summed E-state index contributed by atoms with van der Waals surface area (Å²) in [5.41, 5.74) is 2.28. The van der Waals surface area contributed by atoms with Crippen LogP contribution in [0.5, 0.6) is 5.75 Å². The summed E-state index contributed by atoms with van der Waals surface area (Å²) in [6, 6.07) is 6.27. The number of carbonyl (C=O) groups is 1.